The molecule has 3 aromatic rings. The van der Waals surface area contributed by atoms with Crippen molar-refractivity contribution in [3.63, 3.8) is 0 Å². The average molecular weight is 555 g/mol. The van der Waals surface area contributed by atoms with Gasteiger partial charge in [0.05, 0.1) is 30.5 Å². The van der Waals surface area contributed by atoms with Crippen molar-refractivity contribution in [3.05, 3.63) is 65.7 Å². The van der Waals surface area contributed by atoms with Crippen LogP contribution in [0.3, 0.4) is 0 Å². The monoisotopic (exact) mass is 554 g/mol. The Morgan fingerprint density at radius 3 is 2.50 bits per heavy atom. The number of nitrogens with one attached hydrogen (secondary N) is 1. The summed E-state index contributed by atoms with van der Waals surface area (Å²) < 4.78 is 37.2. The molecule has 0 bridgehead atoms. The molecule has 0 unspecified atom stereocenters. The Balaban J connectivity index is 1.18. The highest BCUT2D eigenvalue weighted by atomic mass is 19.1. The number of benzene rings is 1. The van der Waals surface area contributed by atoms with Gasteiger partial charge in [0.2, 0.25) is 5.91 Å². The molecule has 0 spiro atoms. The van der Waals surface area contributed by atoms with Gasteiger partial charge >= 0.3 is 6.09 Å². The van der Waals surface area contributed by atoms with Crippen molar-refractivity contribution >= 4 is 29.3 Å². The molecule has 1 N–H and O–H groups in total. The Hall–Kier alpha value is -4.62. The number of ether oxygens (including phenoxy) is 1. The minimum absolute atomic E-state index is 0.0481. The molecule has 2 fully saturated rings. The highest BCUT2D eigenvalue weighted by Gasteiger charge is 2.35. The first-order valence-corrected chi connectivity index (χ1v) is 12.8. The van der Waals surface area contributed by atoms with Gasteiger partial charge in [-0.25, -0.2) is 18.3 Å². The van der Waals surface area contributed by atoms with Gasteiger partial charge in [-0.3, -0.25) is 19.5 Å². The number of hydrogen-bond acceptors (Lipinski definition) is 8. The van der Waals surface area contributed by atoms with Crippen LogP contribution in [0.15, 0.2) is 42.9 Å². The van der Waals surface area contributed by atoms with Crippen LogP contribution in [-0.2, 0) is 16.1 Å². The van der Waals surface area contributed by atoms with Crippen molar-refractivity contribution in [3.8, 4) is 0 Å². The molecule has 0 radical (unpaired) electrons. The van der Waals surface area contributed by atoms with Crippen LogP contribution in [0, 0.1) is 18.6 Å². The predicted molar refractivity (Wildman–Crippen MR) is 139 cm³/mol. The molecule has 210 valence electrons. The number of carbonyl (C=O) groups is 3. The number of anilines is 2. The molecular weight excluding hydrogens is 526 g/mol. The molecule has 2 atom stereocenters. The molecule has 2 aliphatic heterocycles. The molecule has 2 aromatic heterocycles. The SMILES string of the molecule is Cc1ccc(C(=O)N[C@@H](C)C(=O)N2CCN(c3c(F)cc(N4C[C@H](Cn5ccnn5)OC4=O)cc3F)CC2)cn1. The summed E-state index contributed by atoms with van der Waals surface area (Å²) >= 11 is 0. The number of cyclic esters (lactones) is 1. The molecular formula is C26H28F2N8O4. The first kappa shape index (κ1) is 27.0. The lowest BCUT2D eigenvalue weighted by Gasteiger charge is -2.37. The van der Waals surface area contributed by atoms with Crippen molar-refractivity contribution in [1.82, 2.24) is 30.2 Å². The van der Waals surface area contributed by atoms with Gasteiger partial charge in [0, 0.05) is 56.4 Å². The van der Waals surface area contributed by atoms with E-state index < -0.39 is 35.8 Å². The molecule has 40 heavy (non-hydrogen) atoms. The van der Waals surface area contributed by atoms with Gasteiger partial charge in [0.15, 0.2) is 11.6 Å². The number of halogens is 2. The highest BCUT2D eigenvalue weighted by molar-refractivity contribution is 5.97. The Morgan fingerprint density at radius 2 is 1.88 bits per heavy atom. The second-order valence-electron chi connectivity index (χ2n) is 9.70. The van der Waals surface area contributed by atoms with Crippen molar-refractivity contribution in [1.29, 1.82) is 0 Å². The zero-order valence-corrected chi connectivity index (χ0v) is 22.0. The molecule has 5 rings (SSSR count). The van der Waals surface area contributed by atoms with Gasteiger partial charge in [-0.2, -0.15) is 0 Å². The van der Waals surface area contributed by atoms with Gasteiger partial charge in [-0.15, -0.1) is 5.10 Å². The van der Waals surface area contributed by atoms with E-state index >= 15 is 8.78 Å². The molecule has 2 aliphatic rings. The van der Waals surface area contributed by atoms with E-state index in [0.29, 0.717) is 5.56 Å². The summed E-state index contributed by atoms with van der Waals surface area (Å²) in [5.74, 6) is -2.36. The maximum absolute atomic E-state index is 15.2. The van der Waals surface area contributed by atoms with Crippen LogP contribution in [0.1, 0.15) is 23.0 Å². The third-order valence-electron chi connectivity index (χ3n) is 6.85. The van der Waals surface area contributed by atoms with E-state index in [1.807, 2.05) is 0 Å². The van der Waals surface area contributed by atoms with Crippen LogP contribution < -0.4 is 15.1 Å². The fourth-order valence-corrected chi connectivity index (χ4v) is 4.74. The maximum Gasteiger partial charge on any atom is 0.414 e. The third-order valence-corrected chi connectivity index (χ3v) is 6.85. The molecule has 14 heteroatoms. The number of piperazine rings is 1. The van der Waals surface area contributed by atoms with E-state index in [9.17, 15) is 14.4 Å². The molecule has 0 saturated carbocycles. The smallest absolute Gasteiger partial charge is 0.414 e. The summed E-state index contributed by atoms with van der Waals surface area (Å²) in [7, 11) is 0. The van der Waals surface area contributed by atoms with Gasteiger partial charge in [0.25, 0.3) is 5.91 Å². The molecule has 3 amide bonds. The number of nitrogens with zero attached hydrogens (tertiary/aromatic N) is 7. The molecule has 2 saturated heterocycles. The predicted octanol–water partition coefficient (Wildman–Crippen LogP) is 1.75. The molecule has 1 aromatic carbocycles. The summed E-state index contributed by atoms with van der Waals surface area (Å²) in [6, 6.07) is 4.76. The Kier molecular flexibility index (Phi) is 7.58. The number of aromatic nitrogens is 4. The maximum atomic E-state index is 15.2. The fraction of sp³-hybridized carbons (Fsp3) is 0.385. The number of rotatable bonds is 7. The highest BCUT2D eigenvalue weighted by Crippen LogP contribution is 2.31. The Morgan fingerprint density at radius 1 is 1.15 bits per heavy atom. The van der Waals surface area contributed by atoms with E-state index in [-0.39, 0.29) is 56.6 Å². The van der Waals surface area contributed by atoms with E-state index in [1.54, 1.807) is 37.1 Å². The topological polar surface area (TPSA) is 126 Å². The second-order valence-corrected chi connectivity index (χ2v) is 9.70. The van der Waals surface area contributed by atoms with Crippen LogP contribution in [0.2, 0.25) is 0 Å². The lowest BCUT2D eigenvalue weighted by molar-refractivity contribution is -0.133. The third kappa shape index (κ3) is 5.70. The van der Waals surface area contributed by atoms with Crippen LogP contribution in [-0.4, -0.2) is 87.7 Å². The first-order valence-electron chi connectivity index (χ1n) is 12.8. The standard InChI is InChI=1S/C26H28F2N8O4/c1-16-3-4-18(13-29-16)24(37)31-17(2)25(38)34-9-7-33(8-10-34)23-21(27)11-19(12-22(23)28)36-15-20(40-26(36)39)14-35-6-5-30-32-35/h3-6,11-13,17,20H,7-10,14-15H2,1-2H3,(H,31,37)/t17-,20-/m0/s1. The van der Waals surface area contributed by atoms with Crippen LogP contribution in [0.5, 0.6) is 0 Å². The summed E-state index contributed by atoms with van der Waals surface area (Å²) in [5, 5.41) is 10.2. The normalized spacial score (nSPS) is 18.1. The summed E-state index contributed by atoms with van der Waals surface area (Å²) in [6.45, 7) is 4.57. The minimum atomic E-state index is -0.824. The lowest BCUT2D eigenvalue weighted by atomic mass is 10.1. The van der Waals surface area contributed by atoms with Crippen LogP contribution in [0.25, 0.3) is 0 Å². The quantitative estimate of drug-likeness (QED) is 0.468. The van der Waals surface area contributed by atoms with Crippen molar-refractivity contribution in [2.24, 2.45) is 0 Å². The number of aryl methyl sites for hydroxylation is 1. The number of amides is 3. The number of pyridine rings is 1. The van der Waals surface area contributed by atoms with Crippen molar-refractivity contribution in [2.75, 3.05) is 42.5 Å². The summed E-state index contributed by atoms with van der Waals surface area (Å²) in [4.78, 5) is 46.1. The lowest BCUT2D eigenvalue weighted by Crippen LogP contribution is -2.54. The van der Waals surface area contributed by atoms with Gasteiger partial charge in [-0.05, 0) is 26.0 Å². The zero-order valence-electron chi connectivity index (χ0n) is 22.0. The molecule has 12 nitrogen and oxygen atoms in total. The fourth-order valence-electron chi connectivity index (χ4n) is 4.74. The van der Waals surface area contributed by atoms with Gasteiger partial charge in [0.1, 0.15) is 17.8 Å². The Bertz CT molecular complexity index is 1370. The van der Waals surface area contributed by atoms with Gasteiger partial charge < -0.3 is 19.9 Å². The van der Waals surface area contributed by atoms with E-state index in [0.717, 1.165) is 17.8 Å². The summed E-state index contributed by atoms with van der Waals surface area (Å²) in [5.41, 5.74) is 0.938. The molecule has 4 heterocycles. The minimum Gasteiger partial charge on any atom is -0.442 e. The van der Waals surface area contributed by atoms with Gasteiger partial charge in [-0.1, -0.05) is 5.21 Å². The van der Waals surface area contributed by atoms with Crippen LogP contribution in [0.4, 0.5) is 25.0 Å². The zero-order chi connectivity index (χ0) is 28.4. The molecule has 0 aliphatic carbocycles. The second kappa shape index (κ2) is 11.2. The number of carbonyl (C=O) groups excluding carboxylic acids is 3. The van der Waals surface area contributed by atoms with E-state index in [4.69, 9.17) is 4.74 Å². The van der Waals surface area contributed by atoms with E-state index in [1.165, 1.54) is 26.9 Å². The summed E-state index contributed by atoms with van der Waals surface area (Å²) in [6.07, 6.45) is 3.31. The Labute approximate surface area is 228 Å². The largest absolute Gasteiger partial charge is 0.442 e. The first-order chi connectivity index (χ1) is 19.2. The van der Waals surface area contributed by atoms with Crippen molar-refractivity contribution < 1.29 is 27.9 Å². The average Bonchev–Trinajstić information content (AvgIpc) is 3.58. The van der Waals surface area contributed by atoms with Crippen molar-refractivity contribution in [2.45, 2.75) is 32.5 Å². The number of hydrogen-bond donors (Lipinski definition) is 1. The van der Waals surface area contributed by atoms with E-state index in [2.05, 4.69) is 20.6 Å². The van der Waals surface area contributed by atoms with Crippen LogP contribution >= 0.6 is 0 Å².